The van der Waals surface area contributed by atoms with Crippen molar-refractivity contribution in [1.82, 2.24) is 4.31 Å². The molecule has 1 aliphatic carbocycles. The Balaban J connectivity index is 1.85. The van der Waals surface area contributed by atoms with Crippen LogP contribution in [0.5, 0.6) is 0 Å². The number of hydrogen-bond acceptors (Lipinski definition) is 4. The monoisotopic (exact) mass is 379 g/mol. The molecule has 0 N–H and O–H groups in total. The Morgan fingerprint density at radius 2 is 2.20 bits per heavy atom. The second-order valence-electron chi connectivity index (χ2n) is 5.56. The molecule has 1 saturated heterocycles. The topological polar surface area (TPSA) is 46.6 Å². The molecule has 1 atom stereocenters. The molecule has 1 aromatic rings. The molecule has 0 amide bonds. The van der Waals surface area contributed by atoms with Gasteiger partial charge < -0.3 is 4.74 Å². The summed E-state index contributed by atoms with van der Waals surface area (Å²) >= 11 is 4.72. The van der Waals surface area contributed by atoms with E-state index >= 15 is 0 Å². The molecule has 0 aromatic carbocycles. The molecule has 7 heteroatoms. The summed E-state index contributed by atoms with van der Waals surface area (Å²) in [6.07, 6.45) is 2.93. The highest BCUT2D eigenvalue weighted by atomic mass is 79.9. The fraction of sp³-hybridized carbons (Fsp3) is 0.692. The van der Waals surface area contributed by atoms with Crippen molar-refractivity contribution in [2.24, 2.45) is 5.92 Å². The summed E-state index contributed by atoms with van der Waals surface area (Å²) in [6.45, 7) is 3.96. The number of halogens is 1. The molecule has 1 aromatic heterocycles. The molecular formula is C13H18BrNO3S2. The lowest BCUT2D eigenvalue weighted by molar-refractivity contribution is 0.180. The Morgan fingerprint density at radius 1 is 1.45 bits per heavy atom. The normalized spacial score (nSPS) is 23.6. The van der Waals surface area contributed by atoms with Crippen LogP contribution in [0.25, 0.3) is 0 Å². The van der Waals surface area contributed by atoms with E-state index in [1.165, 1.54) is 11.3 Å². The van der Waals surface area contributed by atoms with Gasteiger partial charge >= 0.3 is 0 Å². The van der Waals surface area contributed by atoms with Crippen molar-refractivity contribution < 1.29 is 13.2 Å². The second-order valence-corrected chi connectivity index (χ2v) is 10.0. The minimum Gasteiger partial charge on any atom is -0.381 e. The van der Waals surface area contributed by atoms with Gasteiger partial charge in [0.1, 0.15) is 4.21 Å². The van der Waals surface area contributed by atoms with Gasteiger partial charge in [-0.2, -0.15) is 4.31 Å². The van der Waals surface area contributed by atoms with Gasteiger partial charge in [0.15, 0.2) is 0 Å². The van der Waals surface area contributed by atoms with Crippen LogP contribution >= 0.6 is 27.3 Å². The number of aryl methyl sites for hydroxylation is 1. The fourth-order valence-corrected chi connectivity index (χ4v) is 6.58. The van der Waals surface area contributed by atoms with Crippen molar-refractivity contribution in [2.75, 3.05) is 19.8 Å². The van der Waals surface area contributed by atoms with Gasteiger partial charge in [-0.1, -0.05) is 0 Å². The first kappa shape index (κ1) is 15.0. The Kier molecular flexibility index (Phi) is 4.25. The predicted octanol–water partition coefficient (Wildman–Crippen LogP) is 3.01. The summed E-state index contributed by atoms with van der Waals surface area (Å²) in [4.78, 5) is 0. The number of ether oxygens (including phenoxy) is 1. The number of sulfonamides is 1. The van der Waals surface area contributed by atoms with Crippen molar-refractivity contribution >= 4 is 37.3 Å². The van der Waals surface area contributed by atoms with Crippen LogP contribution in [0.1, 0.15) is 24.8 Å². The Morgan fingerprint density at radius 3 is 2.70 bits per heavy atom. The molecule has 112 valence electrons. The van der Waals surface area contributed by atoms with Gasteiger partial charge in [-0.05, 0) is 59.7 Å². The second kappa shape index (κ2) is 5.68. The third-order valence-electron chi connectivity index (χ3n) is 3.81. The maximum Gasteiger partial charge on any atom is 0.252 e. The molecular weight excluding hydrogens is 362 g/mol. The predicted molar refractivity (Wildman–Crippen MR) is 82.6 cm³/mol. The van der Waals surface area contributed by atoms with E-state index in [9.17, 15) is 8.42 Å². The number of thiophene rings is 1. The number of nitrogens with zero attached hydrogens (tertiary/aromatic N) is 1. The summed E-state index contributed by atoms with van der Waals surface area (Å²) in [5.41, 5.74) is 0.980. The van der Waals surface area contributed by atoms with Crippen LogP contribution in [-0.4, -0.2) is 38.5 Å². The average Bonchev–Trinajstić information content (AvgIpc) is 2.98. The highest BCUT2D eigenvalue weighted by molar-refractivity contribution is 9.11. The van der Waals surface area contributed by atoms with Crippen molar-refractivity contribution in [1.29, 1.82) is 0 Å². The van der Waals surface area contributed by atoms with Gasteiger partial charge in [0.05, 0.1) is 10.4 Å². The van der Waals surface area contributed by atoms with E-state index in [4.69, 9.17) is 4.74 Å². The third-order valence-corrected chi connectivity index (χ3v) is 8.32. The summed E-state index contributed by atoms with van der Waals surface area (Å²) in [5.74, 6) is 0.342. The Bertz CT molecular complexity index is 569. The summed E-state index contributed by atoms with van der Waals surface area (Å²) in [7, 11) is -3.36. The third kappa shape index (κ3) is 2.97. The van der Waals surface area contributed by atoms with Gasteiger partial charge in [-0.25, -0.2) is 8.42 Å². The first-order valence-electron chi connectivity index (χ1n) is 6.84. The van der Waals surface area contributed by atoms with Crippen LogP contribution in [0.2, 0.25) is 0 Å². The van der Waals surface area contributed by atoms with Gasteiger partial charge in [0, 0.05) is 19.2 Å². The van der Waals surface area contributed by atoms with Crippen LogP contribution in [-0.2, 0) is 14.8 Å². The van der Waals surface area contributed by atoms with Crippen molar-refractivity contribution in [3.05, 3.63) is 15.4 Å². The quantitative estimate of drug-likeness (QED) is 0.789. The molecule has 2 heterocycles. The minimum atomic E-state index is -3.36. The Hall–Kier alpha value is 0.0500. The molecule has 3 rings (SSSR count). The van der Waals surface area contributed by atoms with Gasteiger partial charge in [-0.3, -0.25) is 0 Å². The molecule has 20 heavy (non-hydrogen) atoms. The summed E-state index contributed by atoms with van der Waals surface area (Å²) < 4.78 is 34.1. The summed E-state index contributed by atoms with van der Waals surface area (Å²) in [6, 6.07) is 1.96. The van der Waals surface area contributed by atoms with E-state index in [0.717, 1.165) is 35.2 Å². The fourth-order valence-electron chi connectivity index (χ4n) is 2.46. The first-order valence-corrected chi connectivity index (χ1v) is 9.89. The molecule has 4 nitrogen and oxygen atoms in total. The lowest BCUT2D eigenvalue weighted by atomic mass is 10.1. The highest BCUT2D eigenvalue weighted by Crippen LogP contribution is 2.38. The summed E-state index contributed by atoms with van der Waals surface area (Å²) in [5, 5.41) is 0. The van der Waals surface area contributed by atoms with Crippen LogP contribution in [0.15, 0.2) is 14.1 Å². The van der Waals surface area contributed by atoms with Crippen LogP contribution in [0, 0.1) is 12.8 Å². The largest absolute Gasteiger partial charge is 0.381 e. The van der Waals surface area contributed by atoms with E-state index < -0.39 is 10.0 Å². The maximum atomic E-state index is 12.8. The molecule has 1 aliphatic heterocycles. The molecule has 1 unspecified atom stereocenters. The minimum absolute atomic E-state index is 0.196. The van der Waals surface area contributed by atoms with Gasteiger partial charge in [0.25, 0.3) is 10.0 Å². The van der Waals surface area contributed by atoms with E-state index in [2.05, 4.69) is 15.9 Å². The zero-order valence-corrected chi connectivity index (χ0v) is 14.6. The molecule has 2 fully saturated rings. The Labute approximate surface area is 132 Å². The standard InChI is InChI=1S/C13H18BrNO3S2/c1-9-6-12(19-13(9)14)20(16,17)15(11-2-3-11)7-10-4-5-18-8-10/h6,10-11H,2-5,7-8H2,1H3. The molecule has 0 radical (unpaired) electrons. The lowest BCUT2D eigenvalue weighted by Crippen LogP contribution is -2.37. The van der Waals surface area contributed by atoms with Crippen molar-refractivity contribution in [2.45, 2.75) is 36.4 Å². The van der Waals surface area contributed by atoms with E-state index in [1.54, 1.807) is 10.4 Å². The average molecular weight is 380 g/mol. The zero-order valence-electron chi connectivity index (χ0n) is 11.3. The van der Waals surface area contributed by atoms with Crippen LogP contribution in [0.4, 0.5) is 0 Å². The molecule has 0 spiro atoms. The first-order chi connectivity index (χ1) is 9.48. The van der Waals surface area contributed by atoms with E-state index in [0.29, 0.717) is 23.3 Å². The highest BCUT2D eigenvalue weighted by Gasteiger charge is 2.40. The number of rotatable bonds is 5. The van der Waals surface area contributed by atoms with Crippen LogP contribution < -0.4 is 0 Å². The van der Waals surface area contributed by atoms with Crippen molar-refractivity contribution in [3.63, 3.8) is 0 Å². The smallest absolute Gasteiger partial charge is 0.252 e. The van der Waals surface area contributed by atoms with Crippen molar-refractivity contribution in [3.8, 4) is 0 Å². The molecule has 0 bridgehead atoms. The number of hydrogen-bond donors (Lipinski definition) is 0. The molecule has 2 aliphatic rings. The SMILES string of the molecule is Cc1cc(S(=O)(=O)N(CC2CCOC2)C2CC2)sc1Br. The van der Waals surface area contributed by atoms with Gasteiger partial charge in [0.2, 0.25) is 0 Å². The molecule has 1 saturated carbocycles. The van der Waals surface area contributed by atoms with Crippen LogP contribution in [0.3, 0.4) is 0 Å². The maximum absolute atomic E-state index is 12.8. The van der Waals surface area contributed by atoms with Gasteiger partial charge in [-0.15, -0.1) is 11.3 Å². The van der Waals surface area contributed by atoms with E-state index in [1.807, 2.05) is 6.92 Å². The zero-order chi connectivity index (χ0) is 14.3. The lowest BCUT2D eigenvalue weighted by Gasteiger charge is -2.23. The van der Waals surface area contributed by atoms with E-state index in [-0.39, 0.29) is 6.04 Å².